The number of benzene rings is 1. The van der Waals surface area contributed by atoms with Gasteiger partial charge in [-0.05, 0) is 31.4 Å². The zero-order valence-electron chi connectivity index (χ0n) is 17.7. The van der Waals surface area contributed by atoms with Crippen LogP contribution in [-0.2, 0) is 22.6 Å². The first kappa shape index (κ1) is 21.6. The van der Waals surface area contributed by atoms with Gasteiger partial charge in [-0.15, -0.1) is 0 Å². The summed E-state index contributed by atoms with van der Waals surface area (Å²) in [7, 11) is 0. The number of nitrogens with two attached hydrogens (primary N) is 1. The molecule has 0 spiro atoms. The lowest BCUT2D eigenvalue weighted by atomic mass is 10.1. The van der Waals surface area contributed by atoms with Gasteiger partial charge in [-0.3, -0.25) is 14.2 Å². The van der Waals surface area contributed by atoms with Crippen LogP contribution in [0.25, 0.3) is 0 Å². The molecule has 30 heavy (non-hydrogen) atoms. The Kier molecular flexibility index (Phi) is 6.61. The fourth-order valence-corrected chi connectivity index (χ4v) is 3.70. The Hall–Kier alpha value is -3.07. The van der Waals surface area contributed by atoms with Crippen molar-refractivity contribution in [1.82, 2.24) is 9.13 Å². The molecule has 9 heteroatoms. The molecule has 1 aromatic carbocycles. The van der Waals surface area contributed by atoms with E-state index in [-0.39, 0.29) is 18.1 Å². The quantitative estimate of drug-likeness (QED) is 0.731. The lowest BCUT2D eigenvalue weighted by Gasteiger charge is -2.30. The first-order valence-electron chi connectivity index (χ1n) is 10.2. The summed E-state index contributed by atoms with van der Waals surface area (Å²) in [4.78, 5) is 40.7. The Bertz CT molecular complexity index is 1030. The topological polar surface area (TPSA) is 112 Å². The number of rotatable bonds is 6. The van der Waals surface area contributed by atoms with Crippen LogP contribution in [0.15, 0.2) is 27.8 Å². The molecule has 3 N–H and O–H groups in total. The molecule has 162 valence electrons. The monoisotopic (exact) mass is 415 g/mol. The number of anilines is 3. The van der Waals surface area contributed by atoms with E-state index >= 15 is 0 Å². The predicted octanol–water partition coefficient (Wildman–Crippen LogP) is 1.09. The number of carbonyl (C=O) groups is 1. The van der Waals surface area contributed by atoms with Gasteiger partial charge in [0.15, 0.2) is 0 Å². The molecule has 9 nitrogen and oxygen atoms in total. The number of aromatic nitrogens is 2. The summed E-state index contributed by atoms with van der Waals surface area (Å²) in [6, 6.07) is 5.69. The molecule has 1 amide bonds. The molecule has 0 atom stereocenters. The Labute approximate surface area is 175 Å². The molecular formula is C21H29N5O4. The van der Waals surface area contributed by atoms with Crippen LogP contribution in [0.1, 0.15) is 24.5 Å². The van der Waals surface area contributed by atoms with Crippen molar-refractivity contribution in [1.29, 1.82) is 0 Å². The normalized spacial score (nSPS) is 14.0. The van der Waals surface area contributed by atoms with Crippen molar-refractivity contribution in [3.05, 3.63) is 50.2 Å². The van der Waals surface area contributed by atoms with Gasteiger partial charge >= 0.3 is 5.69 Å². The van der Waals surface area contributed by atoms with Gasteiger partial charge in [0, 0.05) is 25.3 Å². The van der Waals surface area contributed by atoms with Gasteiger partial charge in [0.2, 0.25) is 5.91 Å². The second kappa shape index (κ2) is 9.17. The minimum absolute atomic E-state index is 0.139. The van der Waals surface area contributed by atoms with Crippen LogP contribution >= 0.6 is 0 Å². The number of amides is 1. The van der Waals surface area contributed by atoms with Crippen LogP contribution in [0.2, 0.25) is 0 Å². The van der Waals surface area contributed by atoms with Crippen molar-refractivity contribution in [3.63, 3.8) is 0 Å². The number of hydrogen-bond donors (Lipinski definition) is 2. The number of nitrogens with one attached hydrogen (secondary N) is 1. The first-order chi connectivity index (χ1) is 14.3. The zero-order chi connectivity index (χ0) is 21.8. The summed E-state index contributed by atoms with van der Waals surface area (Å²) in [6.45, 7) is 7.62. The minimum atomic E-state index is -0.576. The molecule has 1 aromatic heterocycles. The van der Waals surface area contributed by atoms with Crippen LogP contribution in [0, 0.1) is 13.8 Å². The SMILES string of the molecule is CCCn1c(N)c(N2CCOCC2)c(=O)n(CC(=O)Nc2c(C)cccc2C)c1=O. The van der Waals surface area contributed by atoms with Crippen molar-refractivity contribution in [2.24, 2.45) is 0 Å². The lowest BCUT2D eigenvalue weighted by Crippen LogP contribution is -2.48. The highest BCUT2D eigenvalue weighted by molar-refractivity contribution is 5.92. The number of ether oxygens (including phenoxy) is 1. The summed E-state index contributed by atoms with van der Waals surface area (Å²) in [5, 5.41) is 2.83. The number of nitrogen functional groups attached to an aromatic ring is 1. The summed E-state index contributed by atoms with van der Waals surface area (Å²) in [5.74, 6) is -0.299. The first-order valence-corrected chi connectivity index (χ1v) is 10.2. The van der Waals surface area contributed by atoms with Gasteiger partial charge in [0.05, 0.1) is 13.2 Å². The molecular weight excluding hydrogens is 386 g/mol. The second-order valence-electron chi connectivity index (χ2n) is 7.47. The van der Waals surface area contributed by atoms with Crippen molar-refractivity contribution in [3.8, 4) is 0 Å². The lowest BCUT2D eigenvalue weighted by molar-refractivity contribution is -0.116. The second-order valence-corrected chi connectivity index (χ2v) is 7.47. The molecule has 0 radical (unpaired) electrons. The molecule has 1 fully saturated rings. The molecule has 1 aliphatic heterocycles. The van der Waals surface area contributed by atoms with Crippen molar-refractivity contribution in [2.45, 2.75) is 40.3 Å². The highest BCUT2D eigenvalue weighted by Crippen LogP contribution is 2.20. The summed E-state index contributed by atoms with van der Waals surface area (Å²) in [6.07, 6.45) is 0.666. The Morgan fingerprint density at radius 1 is 1.13 bits per heavy atom. The third-order valence-electron chi connectivity index (χ3n) is 5.26. The predicted molar refractivity (Wildman–Crippen MR) is 117 cm³/mol. The van der Waals surface area contributed by atoms with E-state index in [2.05, 4.69) is 5.32 Å². The molecule has 0 unspecified atom stereocenters. The fraction of sp³-hybridized carbons (Fsp3) is 0.476. The highest BCUT2D eigenvalue weighted by Gasteiger charge is 2.24. The summed E-state index contributed by atoms with van der Waals surface area (Å²) < 4.78 is 7.71. The standard InChI is InChI=1S/C21H29N5O4/c1-4-8-25-19(22)18(24-9-11-30-12-10-24)20(28)26(21(25)29)13-16(27)23-17-14(2)6-5-7-15(17)3/h5-7H,4,8-13,22H2,1-3H3,(H,23,27). The number of aryl methyl sites for hydroxylation is 2. The van der Waals surface area contributed by atoms with Crippen molar-refractivity contribution < 1.29 is 9.53 Å². The van der Waals surface area contributed by atoms with E-state index in [1.165, 1.54) is 4.57 Å². The summed E-state index contributed by atoms with van der Waals surface area (Å²) >= 11 is 0. The van der Waals surface area contributed by atoms with E-state index in [1.807, 2.05) is 43.9 Å². The van der Waals surface area contributed by atoms with Crippen LogP contribution in [0.3, 0.4) is 0 Å². The number of carbonyl (C=O) groups excluding carboxylic acids is 1. The third-order valence-corrected chi connectivity index (χ3v) is 5.26. The highest BCUT2D eigenvalue weighted by atomic mass is 16.5. The molecule has 0 bridgehead atoms. The zero-order valence-corrected chi connectivity index (χ0v) is 17.7. The average Bonchev–Trinajstić information content (AvgIpc) is 2.72. The van der Waals surface area contributed by atoms with E-state index in [9.17, 15) is 14.4 Å². The molecule has 1 saturated heterocycles. The van der Waals surface area contributed by atoms with E-state index in [1.54, 1.807) is 0 Å². The van der Waals surface area contributed by atoms with Gasteiger partial charge < -0.3 is 20.7 Å². The minimum Gasteiger partial charge on any atom is -0.383 e. The van der Waals surface area contributed by atoms with Crippen molar-refractivity contribution >= 4 is 23.1 Å². The number of hydrogen-bond acceptors (Lipinski definition) is 6. The molecule has 0 saturated carbocycles. The van der Waals surface area contributed by atoms with Gasteiger partial charge in [-0.2, -0.15) is 0 Å². The van der Waals surface area contributed by atoms with Gasteiger partial charge in [0.1, 0.15) is 18.1 Å². The third kappa shape index (κ3) is 4.25. The molecule has 2 heterocycles. The van der Waals surface area contributed by atoms with E-state index in [0.717, 1.165) is 15.7 Å². The van der Waals surface area contributed by atoms with Gasteiger partial charge in [0.25, 0.3) is 5.56 Å². The Morgan fingerprint density at radius 3 is 2.37 bits per heavy atom. The Morgan fingerprint density at radius 2 is 1.77 bits per heavy atom. The van der Waals surface area contributed by atoms with Gasteiger partial charge in [-0.1, -0.05) is 25.1 Å². The molecule has 2 aromatic rings. The number of morpholine rings is 1. The fourth-order valence-electron chi connectivity index (χ4n) is 3.70. The summed E-state index contributed by atoms with van der Waals surface area (Å²) in [5.41, 5.74) is 7.86. The molecule has 1 aliphatic rings. The maximum atomic E-state index is 13.2. The van der Waals surface area contributed by atoms with E-state index in [4.69, 9.17) is 10.5 Å². The van der Waals surface area contributed by atoms with Crippen molar-refractivity contribution in [2.75, 3.05) is 42.3 Å². The smallest absolute Gasteiger partial charge is 0.333 e. The van der Waals surface area contributed by atoms with Crippen LogP contribution in [0.5, 0.6) is 0 Å². The number of nitrogens with zero attached hydrogens (tertiary/aromatic N) is 3. The maximum Gasteiger partial charge on any atom is 0.333 e. The van der Waals surface area contributed by atoms with E-state index < -0.39 is 17.2 Å². The van der Waals surface area contributed by atoms with Crippen LogP contribution in [0.4, 0.5) is 17.2 Å². The van der Waals surface area contributed by atoms with Crippen LogP contribution < -0.4 is 27.2 Å². The van der Waals surface area contributed by atoms with Gasteiger partial charge in [-0.25, -0.2) is 9.36 Å². The molecule has 3 rings (SSSR count). The van der Waals surface area contributed by atoms with E-state index in [0.29, 0.717) is 45.0 Å². The molecule has 0 aliphatic carbocycles. The average molecular weight is 415 g/mol. The maximum absolute atomic E-state index is 13.2. The van der Waals surface area contributed by atoms with Crippen LogP contribution in [-0.4, -0.2) is 41.3 Å². The Balaban J connectivity index is 2.01. The number of para-hydroxylation sites is 1. The largest absolute Gasteiger partial charge is 0.383 e.